The molecule has 0 aromatic heterocycles. The van der Waals surface area contributed by atoms with Gasteiger partial charge in [0.25, 0.3) is 0 Å². The molecule has 0 heterocycles. The smallest absolute Gasteiger partial charge is 0.129 e. The van der Waals surface area contributed by atoms with Gasteiger partial charge in [0.1, 0.15) is 11.6 Å². The van der Waals surface area contributed by atoms with Crippen molar-refractivity contribution in [2.24, 2.45) is 5.73 Å². The molecule has 0 saturated carbocycles. The maximum atomic E-state index is 13.7. The van der Waals surface area contributed by atoms with Gasteiger partial charge in [-0.2, -0.15) is 0 Å². The van der Waals surface area contributed by atoms with Crippen LogP contribution in [0.4, 0.5) is 8.78 Å². The van der Waals surface area contributed by atoms with Crippen LogP contribution in [0.25, 0.3) is 0 Å². The molecule has 0 bridgehead atoms. The molecule has 1 unspecified atom stereocenters. The summed E-state index contributed by atoms with van der Waals surface area (Å²) in [5.41, 5.74) is 6.56. The van der Waals surface area contributed by atoms with Crippen molar-refractivity contribution in [3.63, 3.8) is 0 Å². The van der Waals surface area contributed by atoms with Crippen LogP contribution in [0, 0.1) is 11.6 Å². The van der Waals surface area contributed by atoms with Crippen LogP contribution in [-0.4, -0.2) is 0 Å². The lowest BCUT2D eigenvalue weighted by atomic mass is 9.99. The standard InChI is InChI=1S/C14H11Cl2F2N/c15-9-2-4-12(17)8(5-9)6-14(19)11-3-1-10(16)7-13(11)18/h1-5,7,14H,6,19H2. The van der Waals surface area contributed by atoms with Gasteiger partial charge in [-0.25, -0.2) is 8.78 Å². The second-order valence-corrected chi connectivity index (χ2v) is 5.09. The zero-order chi connectivity index (χ0) is 14.0. The molecule has 1 atom stereocenters. The van der Waals surface area contributed by atoms with Gasteiger partial charge in [0.05, 0.1) is 0 Å². The van der Waals surface area contributed by atoms with Gasteiger partial charge in [0.2, 0.25) is 0 Å². The molecule has 0 spiro atoms. The Morgan fingerprint density at radius 3 is 2.26 bits per heavy atom. The number of hydrogen-bond donors (Lipinski definition) is 1. The maximum Gasteiger partial charge on any atom is 0.129 e. The van der Waals surface area contributed by atoms with E-state index < -0.39 is 17.7 Å². The lowest BCUT2D eigenvalue weighted by Gasteiger charge is -2.14. The Balaban J connectivity index is 2.25. The van der Waals surface area contributed by atoms with Gasteiger partial charge in [-0.05, 0) is 42.3 Å². The summed E-state index contributed by atoms with van der Waals surface area (Å²) in [5, 5.41) is 0.711. The largest absolute Gasteiger partial charge is 0.324 e. The maximum absolute atomic E-state index is 13.7. The first-order valence-corrected chi connectivity index (χ1v) is 6.37. The Bertz CT molecular complexity index is 602. The van der Waals surface area contributed by atoms with Crippen molar-refractivity contribution in [2.75, 3.05) is 0 Å². The van der Waals surface area contributed by atoms with Gasteiger partial charge in [0, 0.05) is 21.7 Å². The Morgan fingerprint density at radius 1 is 0.947 bits per heavy atom. The van der Waals surface area contributed by atoms with Crippen molar-refractivity contribution in [2.45, 2.75) is 12.5 Å². The molecule has 0 radical (unpaired) electrons. The summed E-state index contributed by atoms with van der Waals surface area (Å²) in [6.07, 6.45) is 0.158. The minimum Gasteiger partial charge on any atom is -0.324 e. The van der Waals surface area contributed by atoms with Gasteiger partial charge < -0.3 is 5.73 Å². The summed E-state index contributed by atoms with van der Waals surface area (Å²) in [4.78, 5) is 0. The van der Waals surface area contributed by atoms with Crippen LogP contribution in [0.15, 0.2) is 36.4 Å². The van der Waals surface area contributed by atoms with E-state index in [2.05, 4.69) is 0 Å². The Kier molecular flexibility index (Phi) is 4.40. The fourth-order valence-electron chi connectivity index (χ4n) is 1.85. The van der Waals surface area contributed by atoms with E-state index in [9.17, 15) is 8.78 Å². The zero-order valence-corrected chi connectivity index (χ0v) is 11.3. The van der Waals surface area contributed by atoms with Gasteiger partial charge in [-0.3, -0.25) is 0 Å². The predicted octanol–water partition coefficient (Wildman–Crippen LogP) is 4.51. The van der Waals surface area contributed by atoms with Crippen molar-refractivity contribution in [1.82, 2.24) is 0 Å². The third kappa shape index (κ3) is 3.44. The molecule has 19 heavy (non-hydrogen) atoms. The molecule has 2 N–H and O–H groups in total. The summed E-state index contributed by atoms with van der Waals surface area (Å²) in [5.74, 6) is -0.906. The average molecular weight is 302 g/mol. The highest BCUT2D eigenvalue weighted by Crippen LogP contribution is 2.24. The first-order valence-electron chi connectivity index (χ1n) is 5.62. The lowest BCUT2D eigenvalue weighted by Crippen LogP contribution is -2.15. The topological polar surface area (TPSA) is 26.0 Å². The van der Waals surface area contributed by atoms with Crippen LogP contribution in [0.2, 0.25) is 10.0 Å². The van der Waals surface area contributed by atoms with Gasteiger partial charge >= 0.3 is 0 Å². The van der Waals surface area contributed by atoms with E-state index in [0.717, 1.165) is 0 Å². The molecule has 0 fully saturated rings. The summed E-state index contributed by atoms with van der Waals surface area (Å²) < 4.78 is 27.3. The second kappa shape index (κ2) is 5.87. The summed E-state index contributed by atoms with van der Waals surface area (Å²) in [6, 6.07) is 7.79. The highest BCUT2D eigenvalue weighted by Gasteiger charge is 2.14. The van der Waals surface area contributed by atoms with Crippen LogP contribution >= 0.6 is 23.2 Å². The fourth-order valence-corrected chi connectivity index (χ4v) is 2.20. The van der Waals surface area contributed by atoms with E-state index in [-0.39, 0.29) is 6.42 Å². The van der Waals surface area contributed by atoms with E-state index in [0.29, 0.717) is 21.2 Å². The van der Waals surface area contributed by atoms with Gasteiger partial charge in [-0.1, -0.05) is 29.3 Å². The number of nitrogens with two attached hydrogens (primary N) is 1. The molecule has 2 aromatic rings. The Morgan fingerprint density at radius 2 is 1.58 bits per heavy atom. The normalized spacial score (nSPS) is 12.5. The third-order valence-electron chi connectivity index (χ3n) is 2.81. The molecule has 0 aliphatic rings. The first kappa shape index (κ1) is 14.3. The Hall–Kier alpha value is -1.16. The van der Waals surface area contributed by atoms with Crippen LogP contribution in [0.3, 0.4) is 0 Å². The van der Waals surface area contributed by atoms with Gasteiger partial charge in [-0.15, -0.1) is 0 Å². The molecular weight excluding hydrogens is 291 g/mol. The van der Waals surface area contributed by atoms with Crippen molar-refractivity contribution in [1.29, 1.82) is 0 Å². The van der Waals surface area contributed by atoms with Gasteiger partial charge in [0.15, 0.2) is 0 Å². The number of halogens is 4. The summed E-state index contributed by atoms with van der Waals surface area (Å²) in [6.45, 7) is 0. The SMILES string of the molecule is NC(Cc1cc(Cl)ccc1F)c1ccc(Cl)cc1F. The van der Waals surface area contributed by atoms with E-state index >= 15 is 0 Å². The number of hydrogen-bond acceptors (Lipinski definition) is 1. The predicted molar refractivity (Wildman–Crippen MR) is 73.5 cm³/mol. The first-order chi connectivity index (χ1) is 8.97. The molecule has 1 nitrogen and oxygen atoms in total. The fraction of sp³-hybridized carbons (Fsp3) is 0.143. The minimum absolute atomic E-state index is 0.158. The van der Waals surface area contributed by atoms with E-state index in [1.807, 2.05) is 0 Å². The van der Waals surface area contributed by atoms with Crippen molar-refractivity contribution in [3.05, 3.63) is 69.2 Å². The molecule has 0 saturated heterocycles. The van der Waals surface area contributed by atoms with Crippen molar-refractivity contribution >= 4 is 23.2 Å². The van der Waals surface area contributed by atoms with Crippen LogP contribution in [-0.2, 0) is 6.42 Å². The zero-order valence-electron chi connectivity index (χ0n) is 9.84. The molecule has 0 aliphatic carbocycles. The lowest BCUT2D eigenvalue weighted by molar-refractivity contribution is 0.563. The number of rotatable bonds is 3. The summed E-state index contributed by atoms with van der Waals surface area (Å²) >= 11 is 11.5. The second-order valence-electron chi connectivity index (χ2n) is 4.21. The van der Waals surface area contributed by atoms with E-state index in [1.165, 1.54) is 30.3 Å². The summed E-state index contributed by atoms with van der Waals surface area (Å²) in [7, 11) is 0. The van der Waals surface area contributed by atoms with Crippen LogP contribution in [0.1, 0.15) is 17.2 Å². The van der Waals surface area contributed by atoms with Crippen LogP contribution < -0.4 is 5.73 Å². The Labute approximate surface area is 119 Å². The minimum atomic E-state index is -0.662. The number of benzene rings is 2. The molecule has 2 rings (SSSR count). The molecule has 2 aromatic carbocycles. The molecule has 0 amide bonds. The van der Waals surface area contributed by atoms with Crippen molar-refractivity contribution in [3.8, 4) is 0 Å². The quantitative estimate of drug-likeness (QED) is 0.886. The molecule has 5 heteroatoms. The molecule has 100 valence electrons. The molecular formula is C14H11Cl2F2N. The monoisotopic (exact) mass is 301 g/mol. The van der Waals surface area contributed by atoms with Crippen LogP contribution in [0.5, 0.6) is 0 Å². The third-order valence-corrected chi connectivity index (χ3v) is 3.28. The highest BCUT2D eigenvalue weighted by molar-refractivity contribution is 6.30. The van der Waals surface area contributed by atoms with E-state index in [4.69, 9.17) is 28.9 Å². The highest BCUT2D eigenvalue weighted by atomic mass is 35.5. The van der Waals surface area contributed by atoms with Crippen molar-refractivity contribution < 1.29 is 8.78 Å². The average Bonchev–Trinajstić information content (AvgIpc) is 2.33. The van der Waals surface area contributed by atoms with E-state index in [1.54, 1.807) is 6.07 Å². The molecule has 0 aliphatic heterocycles.